The van der Waals surface area contributed by atoms with Gasteiger partial charge in [-0.1, -0.05) is 18.2 Å². The number of hydrogen-bond donors (Lipinski definition) is 1. The van der Waals surface area contributed by atoms with Gasteiger partial charge < -0.3 is 19.5 Å². The van der Waals surface area contributed by atoms with Crippen molar-refractivity contribution in [2.75, 3.05) is 21.3 Å². The lowest BCUT2D eigenvalue weighted by Crippen LogP contribution is -2.37. The molecule has 2 atom stereocenters. The maximum atomic E-state index is 5.38. The predicted molar refractivity (Wildman–Crippen MR) is 109 cm³/mol. The molecule has 2 aromatic carbocycles. The third kappa shape index (κ3) is 6.43. The van der Waals surface area contributed by atoms with E-state index in [0.717, 1.165) is 30.1 Å². The third-order valence-corrected chi connectivity index (χ3v) is 4.23. The molecule has 0 heterocycles. The summed E-state index contributed by atoms with van der Waals surface area (Å²) in [6.07, 6.45) is 1.90. The van der Waals surface area contributed by atoms with Gasteiger partial charge in [0, 0.05) is 12.1 Å². The fourth-order valence-electron chi connectivity index (χ4n) is 3.12. The maximum absolute atomic E-state index is 5.38. The largest absolute Gasteiger partial charge is 0.497 e. The minimum atomic E-state index is 0. The Hall–Kier alpha value is -1.91. The van der Waals surface area contributed by atoms with Crippen LogP contribution < -0.4 is 19.5 Å². The van der Waals surface area contributed by atoms with Crippen molar-refractivity contribution < 1.29 is 14.2 Å². The Kier molecular flexibility index (Phi) is 9.31. The van der Waals surface area contributed by atoms with Crippen LogP contribution in [0.2, 0.25) is 0 Å². The molecular formula is C21H30ClNO3. The summed E-state index contributed by atoms with van der Waals surface area (Å²) in [5.74, 6) is 2.44. The lowest BCUT2D eigenvalue weighted by molar-refractivity contribution is 0.354. The van der Waals surface area contributed by atoms with Gasteiger partial charge in [0.05, 0.1) is 21.3 Å². The average molecular weight is 380 g/mol. The SMILES string of the molecule is COc1cccc(CC(C)NC(C)Cc2ccc(OC)c(OC)c2)c1.Cl. The second-order valence-corrected chi connectivity index (χ2v) is 6.42. The van der Waals surface area contributed by atoms with Gasteiger partial charge in [0.15, 0.2) is 11.5 Å². The van der Waals surface area contributed by atoms with E-state index in [9.17, 15) is 0 Å². The van der Waals surface area contributed by atoms with Crippen LogP contribution >= 0.6 is 12.4 Å². The first kappa shape index (κ1) is 22.1. The van der Waals surface area contributed by atoms with Gasteiger partial charge in [-0.3, -0.25) is 0 Å². The molecule has 0 aliphatic carbocycles. The van der Waals surface area contributed by atoms with Crippen LogP contribution in [-0.2, 0) is 12.8 Å². The zero-order chi connectivity index (χ0) is 18.2. The molecule has 0 spiro atoms. The normalized spacial score (nSPS) is 12.7. The van der Waals surface area contributed by atoms with E-state index in [0.29, 0.717) is 12.1 Å². The van der Waals surface area contributed by atoms with E-state index in [1.807, 2.05) is 24.3 Å². The summed E-state index contributed by atoms with van der Waals surface area (Å²) in [5.41, 5.74) is 2.50. The van der Waals surface area contributed by atoms with Gasteiger partial charge in [-0.15, -0.1) is 12.4 Å². The third-order valence-electron chi connectivity index (χ3n) is 4.23. The fourth-order valence-corrected chi connectivity index (χ4v) is 3.12. The topological polar surface area (TPSA) is 39.7 Å². The lowest BCUT2D eigenvalue weighted by Gasteiger charge is -2.21. The van der Waals surface area contributed by atoms with E-state index in [-0.39, 0.29) is 12.4 Å². The van der Waals surface area contributed by atoms with Gasteiger partial charge in [0.2, 0.25) is 0 Å². The summed E-state index contributed by atoms with van der Waals surface area (Å²) < 4.78 is 16.0. The average Bonchev–Trinajstić information content (AvgIpc) is 2.61. The Balaban J connectivity index is 0.00000338. The van der Waals surface area contributed by atoms with Crippen molar-refractivity contribution in [1.29, 1.82) is 0 Å². The molecule has 0 saturated carbocycles. The van der Waals surface area contributed by atoms with E-state index < -0.39 is 0 Å². The second-order valence-electron chi connectivity index (χ2n) is 6.42. The molecule has 5 heteroatoms. The molecule has 2 unspecified atom stereocenters. The number of ether oxygens (including phenoxy) is 3. The Labute approximate surface area is 163 Å². The Morgan fingerprint density at radius 3 is 1.96 bits per heavy atom. The number of nitrogens with one attached hydrogen (secondary N) is 1. The molecule has 2 aromatic rings. The highest BCUT2D eigenvalue weighted by atomic mass is 35.5. The smallest absolute Gasteiger partial charge is 0.160 e. The van der Waals surface area contributed by atoms with Gasteiger partial charge in [0.25, 0.3) is 0 Å². The molecule has 4 nitrogen and oxygen atoms in total. The first-order valence-electron chi connectivity index (χ1n) is 8.65. The molecule has 0 fully saturated rings. The van der Waals surface area contributed by atoms with Gasteiger partial charge in [-0.05, 0) is 62.1 Å². The molecule has 0 aliphatic rings. The van der Waals surface area contributed by atoms with Crippen LogP contribution in [0.15, 0.2) is 42.5 Å². The van der Waals surface area contributed by atoms with Crippen LogP contribution in [0.3, 0.4) is 0 Å². The molecule has 0 aliphatic heterocycles. The maximum Gasteiger partial charge on any atom is 0.160 e. The van der Waals surface area contributed by atoms with Gasteiger partial charge >= 0.3 is 0 Å². The molecule has 2 rings (SSSR count). The molecular weight excluding hydrogens is 350 g/mol. The van der Waals surface area contributed by atoms with Crippen molar-refractivity contribution in [1.82, 2.24) is 5.32 Å². The Morgan fingerprint density at radius 1 is 0.769 bits per heavy atom. The number of methoxy groups -OCH3 is 3. The van der Waals surface area contributed by atoms with E-state index in [4.69, 9.17) is 14.2 Å². The number of rotatable bonds is 9. The van der Waals surface area contributed by atoms with Crippen LogP contribution in [0.1, 0.15) is 25.0 Å². The molecule has 144 valence electrons. The fraction of sp³-hybridized carbons (Fsp3) is 0.429. The first-order chi connectivity index (χ1) is 12.0. The molecule has 0 bridgehead atoms. The van der Waals surface area contributed by atoms with Crippen LogP contribution in [-0.4, -0.2) is 33.4 Å². The van der Waals surface area contributed by atoms with Gasteiger partial charge in [-0.25, -0.2) is 0 Å². The monoisotopic (exact) mass is 379 g/mol. The molecule has 0 amide bonds. The Bertz CT molecular complexity index is 678. The summed E-state index contributed by atoms with van der Waals surface area (Å²) in [7, 11) is 5.02. The van der Waals surface area contributed by atoms with Crippen LogP contribution in [0.4, 0.5) is 0 Å². The van der Waals surface area contributed by atoms with Crippen molar-refractivity contribution in [2.45, 2.75) is 38.8 Å². The van der Waals surface area contributed by atoms with Crippen molar-refractivity contribution in [3.8, 4) is 17.2 Å². The predicted octanol–water partition coefficient (Wildman–Crippen LogP) is 4.29. The summed E-state index contributed by atoms with van der Waals surface area (Å²) in [4.78, 5) is 0. The molecule has 0 saturated heterocycles. The number of halogens is 1. The van der Waals surface area contributed by atoms with Crippen molar-refractivity contribution >= 4 is 12.4 Å². The van der Waals surface area contributed by atoms with Gasteiger partial charge in [-0.2, -0.15) is 0 Å². The summed E-state index contributed by atoms with van der Waals surface area (Å²) in [5, 5.41) is 3.67. The molecule has 26 heavy (non-hydrogen) atoms. The molecule has 1 N–H and O–H groups in total. The zero-order valence-electron chi connectivity index (χ0n) is 16.2. The summed E-state index contributed by atoms with van der Waals surface area (Å²) in [6, 6.07) is 15.1. The van der Waals surface area contributed by atoms with Crippen molar-refractivity contribution in [3.63, 3.8) is 0 Å². The Morgan fingerprint density at radius 2 is 1.38 bits per heavy atom. The minimum Gasteiger partial charge on any atom is -0.497 e. The van der Waals surface area contributed by atoms with Crippen molar-refractivity contribution in [2.24, 2.45) is 0 Å². The molecule has 0 radical (unpaired) electrons. The van der Waals surface area contributed by atoms with Crippen LogP contribution in [0.25, 0.3) is 0 Å². The van der Waals surface area contributed by atoms with Gasteiger partial charge in [0.1, 0.15) is 5.75 Å². The van der Waals surface area contributed by atoms with E-state index in [1.54, 1.807) is 21.3 Å². The molecule has 0 aromatic heterocycles. The number of hydrogen-bond acceptors (Lipinski definition) is 4. The van der Waals surface area contributed by atoms with E-state index >= 15 is 0 Å². The highest BCUT2D eigenvalue weighted by Gasteiger charge is 2.11. The number of benzene rings is 2. The van der Waals surface area contributed by atoms with Crippen LogP contribution in [0, 0.1) is 0 Å². The van der Waals surface area contributed by atoms with Crippen LogP contribution in [0.5, 0.6) is 17.2 Å². The first-order valence-corrected chi connectivity index (χ1v) is 8.65. The van der Waals surface area contributed by atoms with E-state index in [1.165, 1.54) is 11.1 Å². The van der Waals surface area contributed by atoms with Crippen molar-refractivity contribution in [3.05, 3.63) is 53.6 Å². The highest BCUT2D eigenvalue weighted by Crippen LogP contribution is 2.28. The van der Waals surface area contributed by atoms with E-state index in [2.05, 4.69) is 37.4 Å². The second kappa shape index (κ2) is 10.9. The summed E-state index contributed by atoms with van der Waals surface area (Å²) in [6.45, 7) is 4.42. The summed E-state index contributed by atoms with van der Waals surface area (Å²) >= 11 is 0. The standard InChI is InChI=1S/C21H29NO3.ClH/c1-15(11-17-7-6-8-19(13-17)23-3)22-16(2)12-18-9-10-20(24-4)21(14-18)25-5;/h6-10,13-16,22H,11-12H2,1-5H3;1H. The lowest BCUT2D eigenvalue weighted by atomic mass is 10.0. The highest BCUT2D eigenvalue weighted by molar-refractivity contribution is 5.85. The zero-order valence-corrected chi connectivity index (χ0v) is 17.1. The minimum absolute atomic E-state index is 0. The quantitative estimate of drug-likeness (QED) is 0.705.